The van der Waals surface area contributed by atoms with Crippen molar-refractivity contribution in [3.63, 3.8) is 0 Å². The van der Waals surface area contributed by atoms with E-state index in [-0.39, 0.29) is 5.92 Å². The number of nitrogens with zero attached hydrogens (tertiary/aromatic N) is 2. The Balaban J connectivity index is 2.97. The van der Waals surface area contributed by atoms with Gasteiger partial charge in [-0.3, -0.25) is 0 Å². The molecule has 82 valence electrons. The van der Waals surface area contributed by atoms with Crippen LogP contribution in [-0.4, -0.2) is 17.8 Å². The van der Waals surface area contributed by atoms with E-state index < -0.39 is 5.66 Å². The second-order valence-electron chi connectivity index (χ2n) is 4.02. The molecule has 0 aromatic rings. The van der Waals surface area contributed by atoms with E-state index in [1.807, 2.05) is 0 Å². The Hall–Kier alpha value is -1.24. The van der Waals surface area contributed by atoms with Gasteiger partial charge in [0.2, 0.25) is 12.2 Å². The van der Waals surface area contributed by atoms with Crippen LogP contribution in [0.25, 0.3) is 0 Å². The van der Waals surface area contributed by atoms with Crippen LogP contribution in [0.5, 0.6) is 0 Å². The highest BCUT2D eigenvalue weighted by molar-refractivity contribution is 5.39. The van der Waals surface area contributed by atoms with Gasteiger partial charge < -0.3 is 0 Å². The van der Waals surface area contributed by atoms with Crippen molar-refractivity contribution < 1.29 is 9.59 Å². The minimum absolute atomic E-state index is 0.194. The topological polar surface area (TPSA) is 58.9 Å². The monoisotopic (exact) mass is 208 g/mol. The van der Waals surface area contributed by atoms with Crippen LogP contribution in [0.3, 0.4) is 0 Å². The minimum Gasteiger partial charge on any atom is -0.211 e. The van der Waals surface area contributed by atoms with Crippen LogP contribution in [0.2, 0.25) is 0 Å². The van der Waals surface area contributed by atoms with Gasteiger partial charge in [0.05, 0.1) is 0 Å². The predicted octanol–water partition coefficient (Wildman–Crippen LogP) is 2.34. The van der Waals surface area contributed by atoms with Crippen LogP contribution in [0, 0.1) is 5.92 Å². The molecule has 1 aliphatic carbocycles. The largest absolute Gasteiger partial charge is 0.237 e. The first kappa shape index (κ1) is 11.8. The molecule has 0 aromatic carbocycles. The summed E-state index contributed by atoms with van der Waals surface area (Å²) in [6, 6.07) is 0. The Bertz CT molecular complexity index is 282. The summed E-state index contributed by atoms with van der Waals surface area (Å²) in [7, 11) is 0. The summed E-state index contributed by atoms with van der Waals surface area (Å²) < 4.78 is 0. The zero-order valence-electron chi connectivity index (χ0n) is 9.03. The van der Waals surface area contributed by atoms with Crippen molar-refractivity contribution >= 4 is 12.2 Å². The number of hydrogen-bond acceptors (Lipinski definition) is 4. The van der Waals surface area contributed by atoms with Gasteiger partial charge in [0.25, 0.3) is 0 Å². The molecule has 1 unspecified atom stereocenters. The maximum atomic E-state index is 10.4. The van der Waals surface area contributed by atoms with Crippen molar-refractivity contribution in [2.45, 2.75) is 51.1 Å². The molecular formula is C11H16N2O2. The molecule has 1 atom stereocenters. The lowest BCUT2D eigenvalue weighted by molar-refractivity contribution is 0.187. The third kappa shape index (κ3) is 2.62. The lowest BCUT2D eigenvalue weighted by Crippen LogP contribution is -2.37. The smallest absolute Gasteiger partial charge is 0.211 e. The fourth-order valence-corrected chi connectivity index (χ4v) is 2.41. The van der Waals surface area contributed by atoms with E-state index in [1.165, 1.54) is 0 Å². The average Bonchev–Trinajstić information content (AvgIpc) is 2.23. The molecule has 0 aromatic heterocycles. The van der Waals surface area contributed by atoms with Crippen molar-refractivity contribution in [1.29, 1.82) is 0 Å². The molecule has 1 fully saturated rings. The summed E-state index contributed by atoms with van der Waals surface area (Å²) >= 11 is 0. The first-order chi connectivity index (χ1) is 7.29. The standard InChI is InChI=1S/C11H16N2O2/c1-2-5-10-6-3-4-7-11(10,12-8-14)13-9-15/h10H,2-7H2,1H3. The summed E-state index contributed by atoms with van der Waals surface area (Å²) in [5.41, 5.74) is -0.849. The van der Waals surface area contributed by atoms with Gasteiger partial charge in [-0.15, -0.1) is 0 Å². The van der Waals surface area contributed by atoms with Gasteiger partial charge in [0.15, 0.2) is 5.66 Å². The molecule has 4 heteroatoms. The second kappa shape index (κ2) is 5.59. The van der Waals surface area contributed by atoms with E-state index in [0.29, 0.717) is 6.42 Å². The van der Waals surface area contributed by atoms with Crippen LogP contribution < -0.4 is 0 Å². The molecule has 15 heavy (non-hydrogen) atoms. The highest BCUT2D eigenvalue weighted by Gasteiger charge is 2.40. The lowest BCUT2D eigenvalue weighted by Gasteiger charge is -2.35. The average molecular weight is 208 g/mol. The molecule has 0 amide bonds. The number of rotatable bonds is 4. The van der Waals surface area contributed by atoms with Crippen molar-refractivity contribution in [1.82, 2.24) is 0 Å². The molecule has 0 heterocycles. The number of hydrogen-bond donors (Lipinski definition) is 0. The van der Waals surface area contributed by atoms with Gasteiger partial charge in [-0.25, -0.2) is 9.59 Å². The maximum absolute atomic E-state index is 10.4. The molecule has 1 saturated carbocycles. The van der Waals surface area contributed by atoms with Gasteiger partial charge in [-0.1, -0.05) is 19.8 Å². The van der Waals surface area contributed by atoms with Crippen LogP contribution in [0.15, 0.2) is 9.98 Å². The van der Waals surface area contributed by atoms with Crippen molar-refractivity contribution in [3.05, 3.63) is 0 Å². The number of isocyanates is 2. The Morgan fingerprint density at radius 3 is 2.47 bits per heavy atom. The quantitative estimate of drug-likeness (QED) is 0.526. The normalized spacial score (nSPS) is 30.1. The first-order valence-corrected chi connectivity index (χ1v) is 5.47. The van der Waals surface area contributed by atoms with Gasteiger partial charge in [0, 0.05) is 5.92 Å². The molecule has 1 aliphatic rings. The van der Waals surface area contributed by atoms with Crippen molar-refractivity contribution in [2.75, 3.05) is 0 Å². The van der Waals surface area contributed by atoms with E-state index in [1.54, 1.807) is 12.2 Å². The molecule has 0 N–H and O–H groups in total. The molecule has 0 radical (unpaired) electrons. The Morgan fingerprint density at radius 1 is 1.27 bits per heavy atom. The third-order valence-electron chi connectivity index (χ3n) is 3.12. The minimum atomic E-state index is -0.849. The Labute approximate surface area is 89.5 Å². The molecule has 0 saturated heterocycles. The van der Waals surface area contributed by atoms with E-state index in [0.717, 1.165) is 32.1 Å². The third-order valence-corrected chi connectivity index (χ3v) is 3.12. The van der Waals surface area contributed by atoms with Crippen molar-refractivity contribution in [2.24, 2.45) is 15.9 Å². The summed E-state index contributed by atoms with van der Waals surface area (Å²) in [5.74, 6) is 0.194. The lowest BCUT2D eigenvalue weighted by atomic mass is 9.77. The summed E-state index contributed by atoms with van der Waals surface area (Å²) in [5, 5.41) is 0. The molecule has 0 aliphatic heterocycles. The van der Waals surface area contributed by atoms with E-state index >= 15 is 0 Å². The van der Waals surface area contributed by atoms with Gasteiger partial charge in [0.1, 0.15) is 0 Å². The summed E-state index contributed by atoms with van der Waals surface area (Å²) in [6.07, 6.45) is 8.78. The van der Waals surface area contributed by atoms with Gasteiger partial charge in [-0.2, -0.15) is 9.98 Å². The highest BCUT2D eigenvalue weighted by Crippen LogP contribution is 2.40. The zero-order valence-corrected chi connectivity index (χ0v) is 9.03. The SMILES string of the molecule is CCCC1CCCCC1(N=C=O)N=C=O. The summed E-state index contributed by atoms with van der Waals surface area (Å²) in [4.78, 5) is 28.4. The van der Waals surface area contributed by atoms with E-state index in [4.69, 9.17) is 0 Å². The maximum Gasteiger partial charge on any atom is 0.237 e. The first-order valence-electron chi connectivity index (χ1n) is 5.47. The Kier molecular flexibility index (Phi) is 4.41. The van der Waals surface area contributed by atoms with Crippen LogP contribution in [0.1, 0.15) is 45.4 Å². The highest BCUT2D eigenvalue weighted by atomic mass is 16.1. The zero-order chi connectivity index (χ0) is 11.1. The molecule has 1 rings (SSSR count). The number of carbonyl (C=O) groups excluding carboxylic acids is 2. The second-order valence-corrected chi connectivity index (χ2v) is 4.02. The molecule has 0 bridgehead atoms. The van der Waals surface area contributed by atoms with E-state index in [9.17, 15) is 9.59 Å². The molecule has 0 spiro atoms. The van der Waals surface area contributed by atoms with E-state index in [2.05, 4.69) is 16.9 Å². The predicted molar refractivity (Wildman–Crippen MR) is 55.8 cm³/mol. The van der Waals surface area contributed by atoms with Crippen molar-refractivity contribution in [3.8, 4) is 0 Å². The fourth-order valence-electron chi connectivity index (χ4n) is 2.41. The number of aliphatic imine (C=N–C) groups is 2. The summed E-state index contributed by atoms with van der Waals surface area (Å²) in [6.45, 7) is 2.08. The molecular weight excluding hydrogens is 192 g/mol. The van der Waals surface area contributed by atoms with Gasteiger partial charge >= 0.3 is 0 Å². The Morgan fingerprint density at radius 2 is 1.93 bits per heavy atom. The fraction of sp³-hybridized carbons (Fsp3) is 0.818. The van der Waals surface area contributed by atoms with Gasteiger partial charge in [-0.05, 0) is 25.7 Å². The van der Waals surface area contributed by atoms with Crippen LogP contribution in [-0.2, 0) is 9.59 Å². The van der Waals surface area contributed by atoms with Crippen LogP contribution in [0.4, 0.5) is 0 Å². The molecule has 4 nitrogen and oxygen atoms in total. The van der Waals surface area contributed by atoms with Crippen LogP contribution >= 0.6 is 0 Å².